The Bertz CT molecular complexity index is 548. The molecule has 0 radical (unpaired) electrons. The smallest absolute Gasteiger partial charge is 0.241 e. The fraction of sp³-hybridized carbons (Fsp3) is 0.385. The van der Waals surface area contributed by atoms with Gasteiger partial charge in [0.25, 0.3) is 0 Å². The molecule has 0 spiro atoms. The molecule has 0 saturated heterocycles. The summed E-state index contributed by atoms with van der Waals surface area (Å²) in [7, 11) is -3.48. The second kappa shape index (κ2) is 5.54. The lowest BCUT2D eigenvalue weighted by Crippen LogP contribution is -2.25. The van der Waals surface area contributed by atoms with Crippen LogP contribution in [0.1, 0.15) is 25.0 Å². The van der Waals surface area contributed by atoms with Crippen LogP contribution in [0.2, 0.25) is 0 Å². The zero-order valence-corrected chi connectivity index (χ0v) is 12.1. The minimum atomic E-state index is -3.48. The van der Waals surface area contributed by atoms with Crippen molar-refractivity contribution in [2.24, 2.45) is 0 Å². The molecule has 0 heterocycles. The van der Waals surface area contributed by atoms with E-state index in [1.54, 1.807) is 26.0 Å². The van der Waals surface area contributed by atoms with Gasteiger partial charge >= 0.3 is 0 Å². The summed E-state index contributed by atoms with van der Waals surface area (Å²) < 4.78 is 26.9. The average Bonchev–Trinajstić information content (AvgIpc) is 2.13. The van der Waals surface area contributed by atoms with Gasteiger partial charge in [0, 0.05) is 12.2 Å². The van der Waals surface area contributed by atoms with Gasteiger partial charge < -0.3 is 5.73 Å². The number of allylic oxidation sites excluding steroid dienone is 1. The van der Waals surface area contributed by atoms with Crippen LogP contribution in [0, 0.1) is 13.8 Å². The van der Waals surface area contributed by atoms with Crippen LogP contribution < -0.4 is 10.5 Å². The number of nitrogens with one attached hydrogen (secondary N) is 1. The van der Waals surface area contributed by atoms with Crippen LogP contribution in [0.5, 0.6) is 0 Å². The van der Waals surface area contributed by atoms with Crippen molar-refractivity contribution in [1.29, 1.82) is 0 Å². The normalized spacial score (nSPS) is 11.3. The molecule has 0 amide bonds. The first-order chi connectivity index (χ1) is 8.24. The highest BCUT2D eigenvalue weighted by Gasteiger charge is 2.18. The number of anilines is 1. The molecule has 0 bridgehead atoms. The molecule has 0 aromatic heterocycles. The second-order valence-corrected chi connectivity index (χ2v) is 6.32. The number of hydrogen-bond donors (Lipinski definition) is 2. The second-order valence-electron chi connectivity index (χ2n) is 4.62. The van der Waals surface area contributed by atoms with E-state index in [1.165, 1.54) is 0 Å². The molecule has 1 rings (SSSR count). The summed E-state index contributed by atoms with van der Waals surface area (Å²) in [6.07, 6.45) is 1.83. The highest BCUT2D eigenvalue weighted by molar-refractivity contribution is 7.89. The van der Waals surface area contributed by atoms with E-state index in [0.717, 1.165) is 5.57 Å². The lowest BCUT2D eigenvalue weighted by molar-refractivity contribution is 0.584. The van der Waals surface area contributed by atoms with Gasteiger partial charge in [0.1, 0.15) is 0 Å². The summed E-state index contributed by atoms with van der Waals surface area (Å²) in [5.74, 6) is 0. The molecule has 0 aliphatic carbocycles. The largest absolute Gasteiger partial charge is 0.399 e. The van der Waals surface area contributed by atoms with Crippen molar-refractivity contribution < 1.29 is 8.42 Å². The van der Waals surface area contributed by atoms with Crippen LogP contribution in [0.25, 0.3) is 0 Å². The molecule has 0 fully saturated rings. The molecule has 4 nitrogen and oxygen atoms in total. The molecular formula is C13H20N2O2S. The van der Waals surface area contributed by atoms with Crippen molar-refractivity contribution in [3.8, 4) is 0 Å². The Morgan fingerprint density at radius 2 is 1.78 bits per heavy atom. The highest BCUT2D eigenvalue weighted by atomic mass is 32.2. The van der Waals surface area contributed by atoms with Gasteiger partial charge in [-0.25, -0.2) is 13.1 Å². The maximum Gasteiger partial charge on any atom is 0.241 e. The van der Waals surface area contributed by atoms with Crippen molar-refractivity contribution in [3.63, 3.8) is 0 Å². The van der Waals surface area contributed by atoms with E-state index in [-0.39, 0.29) is 0 Å². The van der Waals surface area contributed by atoms with Crippen molar-refractivity contribution in [2.75, 3.05) is 12.3 Å². The van der Waals surface area contributed by atoms with Gasteiger partial charge in [-0.1, -0.05) is 11.6 Å². The Balaban J connectivity index is 3.10. The molecule has 1 aromatic rings. The van der Waals surface area contributed by atoms with Gasteiger partial charge in [-0.3, -0.25) is 0 Å². The highest BCUT2D eigenvalue weighted by Crippen LogP contribution is 2.22. The van der Waals surface area contributed by atoms with Crippen molar-refractivity contribution in [3.05, 3.63) is 34.9 Å². The third kappa shape index (κ3) is 3.58. The zero-order chi connectivity index (χ0) is 13.9. The molecule has 0 saturated carbocycles. The third-order valence-electron chi connectivity index (χ3n) is 2.54. The maximum atomic E-state index is 12.2. The van der Waals surface area contributed by atoms with Gasteiger partial charge in [-0.05, 0) is 51.0 Å². The first kappa shape index (κ1) is 14.7. The van der Waals surface area contributed by atoms with Gasteiger partial charge in [0.15, 0.2) is 0 Å². The quantitative estimate of drug-likeness (QED) is 0.649. The monoisotopic (exact) mass is 268 g/mol. The number of nitrogen functional groups attached to an aromatic ring is 1. The molecule has 0 atom stereocenters. The Morgan fingerprint density at radius 3 is 2.22 bits per heavy atom. The van der Waals surface area contributed by atoms with Crippen molar-refractivity contribution in [2.45, 2.75) is 32.6 Å². The van der Waals surface area contributed by atoms with E-state index in [2.05, 4.69) is 4.72 Å². The van der Waals surface area contributed by atoms with Crippen molar-refractivity contribution >= 4 is 15.7 Å². The summed E-state index contributed by atoms with van der Waals surface area (Å²) in [5.41, 5.74) is 8.66. The van der Waals surface area contributed by atoms with Crippen LogP contribution in [-0.2, 0) is 10.0 Å². The molecule has 0 aliphatic heterocycles. The SMILES string of the molecule is CC(C)=CCNS(=O)(=O)c1c(C)cc(N)cc1C. The van der Waals surface area contributed by atoms with Gasteiger partial charge in [0.05, 0.1) is 4.90 Å². The number of aryl methyl sites for hydroxylation is 2. The number of hydrogen-bond acceptors (Lipinski definition) is 3. The van der Waals surface area contributed by atoms with E-state index in [4.69, 9.17) is 5.73 Å². The first-order valence-electron chi connectivity index (χ1n) is 5.74. The maximum absolute atomic E-state index is 12.2. The predicted molar refractivity (Wildman–Crippen MR) is 74.9 cm³/mol. The standard InChI is InChI=1S/C13H20N2O2S/c1-9(2)5-6-15-18(16,17)13-10(3)7-12(14)8-11(13)4/h5,7-8,15H,6,14H2,1-4H3. The Kier molecular flexibility index (Phi) is 4.53. The number of rotatable bonds is 4. The first-order valence-corrected chi connectivity index (χ1v) is 7.22. The molecule has 3 N–H and O–H groups in total. The lowest BCUT2D eigenvalue weighted by atomic mass is 10.1. The summed E-state index contributed by atoms with van der Waals surface area (Å²) >= 11 is 0. The summed E-state index contributed by atoms with van der Waals surface area (Å²) in [6, 6.07) is 3.34. The van der Waals surface area contributed by atoms with Crippen LogP contribution in [0.3, 0.4) is 0 Å². The number of benzene rings is 1. The van der Waals surface area contributed by atoms with Crippen molar-refractivity contribution in [1.82, 2.24) is 4.72 Å². The Labute approximate surface area is 109 Å². The minimum absolute atomic E-state index is 0.300. The summed E-state index contributed by atoms with van der Waals surface area (Å²) in [5, 5.41) is 0. The molecule has 100 valence electrons. The number of sulfonamides is 1. The Morgan fingerprint density at radius 1 is 1.28 bits per heavy atom. The summed E-state index contributed by atoms with van der Waals surface area (Å²) in [4.78, 5) is 0.318. The fourth-order valence-corrected chi connectivity index (χ4v) is 3.25. The topological polar surface area (TPSA) is 72.2 Å². The van der Waals surface area contributed by atoms with Gasteiger partial charge in [-0.15, -0.1) is 0 Å². The molecular weight excluding hydrogens is 248 g/mol. The molecule has 0 unspecified atom stereocenters. The molecule has 1 aromatic carbocycles. The zero-order valence-electron chi connectivity index (χ0n) is 11.2. The van der Waals surface area contributed by atoms with E-state index < -0.39 is 10.0 Å². The van der Waals surface area contributed by atoms with Crippen LogP contribution in [-0.4, -0.2) is 15.0 Å². The molecule has 5 heteroatoms. The molecule has 0 aliphatic rings. The minimum Gasteiger partial charge on any atom is -0.399 e. The number of nitrogens with two attached hydrogens (primary N) is 1. The van der Waals surface area contributed by atoms with Crippen LogP contribution >= 0.6 is 0 Å². The lowest BCUT2D eigenvalue weighted by Gasteiger charge is -2.12. The predicted octanol–water partition coefficient (Wildman–Crippen LogP) is 2.13. The fourth-order valence-electron chi connectivity index (χ4n) is 1.84. The summed E-state index contributed by atoms with van der Waals surface area (Å²) in [6.45, 7) is 7.65. The van der Waals surface area contributed by atoms with Crippen LogP contribution in [0.4, 0.5) is 5.69 Å². The van der Waals surface area contributed by atoms with E-state index in [1.807, 2.05) is 19.9 Å². The average molecular weight is 268 g/mol. The van der Waals surface area contributed by atoms with E-state index >= 15 is 0 Å². The van der Waals surface area contributed by atoms with Gasteiger partial charge in [-0.2, -0.15) is 0 Å². The van der Waals surface area contributed by atoms with E-state index in [9.17, 15) is 8.42 Å². The van der Waals surface area contributed by atoms with Gasteiger partial charge in [0.2, 0.25) is 10.0 Å². The molecule has 18 heavy (non-hydrogen) atoms. The van der Waals surface area contributed by atoms with E-state index in [0.29, 0.717) is 28.3 Å². The third-order valence-corrected chi connectivity index (χ3v) is 4.26. The van der Waals surface area contributed by atoms with Crippen LogP contribution in [0.15, 0.2) is 28.7 Å². The Hall–Kier alpha value is -1.33.